The first kappa shape index (κ1) is 27.8. The number of rotatable bonds is 8. The molecule has 7 rings (SSSR count). The van der Waals surface area contributed by atoms with E-state index in [0.29, 0.717) is 36.7 Å². The summed E-state index contributed by atoms with van der Waals surface area (Å²) in [6.07, 6.45) is 4.28. The largest absolute Gasteiger partial charge is 0.487 e. The van der Waals surface area contributed by atoms with Crippen molar-refractivity contribution in [1.29, 1.82) is 0 Å². The van der Waals surface area contributed by atoms with Crippen LogP contribution in [-0.4, -0.2) is 99.9 Å². The number of likely N-dealkylation sites (N-methyl/N-ethyl adjacent to an activating group) is 1. The van der Waals surface area contributed by atoms with Gasteiger partial charge in [0.2, 0.25) is 0 Å². The minimum atomic E-state index is -1.08. The van der Waals surface area contributed by atoms with Crippen LogP contribution < -0.4 is 14.8 Å². The molecule has 4 heterocycles. The molecule has 3 fully saturated rings. The number of nitrogens with one attached hydrogen (secondary N) is 2. The number of aromatic nitrogens is 4. The number of benzene rings is 2. The smallest absolute Gasteiger partial charge is 0.410 e. The van der Waals surface area contributed by atoms with Gasteiger partial charge in [-0.05, 0) is 75.5 Å². The summed E-state index contributed by atoms with van der Waals surface area (Å²) in [5.41, 5.74) is 5.10. The lowest BCUT2D eigenvalue weighted by Crippen LogP contribution is -2.55. The number of hydrogen-bond acceptors (Lipinski definition) is 9. The lowest BCUT2D eigenvalue weighted by Gasteiger charge is -2.39. The minimum Gasteiger partial charge on any atom is -0.487 e. The Morgan fingerprint density at radius 2 is 1.98 bits per heavy atom. The normalized spacial score (nSPS) is 22.9. The zero-order chi connectivity index (χ0) is 29.7. The van der Waals surface area contributed by atoms with E-state index in [-0.39, 0.29) is 18.2 Å². The second kappa shape index (κ2) is 11.3. The minimum absolute atomic E-state index is 0.0906. The van der Waals surface area contributed by atoms with Gasteiger partial charge >= 0.3 is 12.1 Å². The second-order valence-electron chi connectivity index (χ2n) is 11.8. The first-order chi connectivity index (χ1) is 20.9. The van der Waals surface area contributed by atoms with Gasteiger partial charge in [0.15, 0.2) is 5.75 Å². The van der Waals surface area contributed by atoms with Gasteiger partial charge in [0.25, 0.3) is 0 Å². The van der Waals surface area contributed by atoms with E-state index >= 15 is 0 Å². The Morgan fingerprint density at radius 3 is 2.72 bits per heavy atom. The van der Waals surface area contributed by atoms with Gasteiger partial charge in [-0.1, -0.05) is 6.07 Å². The molecular weight excluding hydrogens is 550 g/mol. The third kappa shape index (κ3) is 5.13. The number of aromatic amines is 1. The van der Waals surface area contributed by atoms with Gasteiger partial charge in [0.05, 0.1) is 29.6 Å². The molecule has 2 saturated heterocycles. The van der Waals surface area contributed by atoms with Crippen LogP contribution in [0.25, 0.3) is 32.9 Å². The van der Waals surface area contributed by atoms with Gasteiger partial charge < -0.3 is 29.5 Å². The molecule has 1 saturated carbocycles. The van der Waals surface area contributed by atoms with E-state index in [4.69, 9.17) is 24.2 Å². The van der Waals surface area contributed by atoms with Crippen LogP contribution in [-0.2, 0) is 4.74 Å². The first-order valence-corrected chi connectivity index (χ1v) is 14.9. The summed E-state index contributed by atoms with van der Waals surface area (Å²) in [7, 11) is 3.62. The van der Waals surface area contributed by atoms with Crippen molar-refractivity contribution in [2.45, 2.75) is 57.0 Å². The standard InChI is InChI=1S/C31H37N7O5/c1-17-6-11-23-22(13-33-36-23)26(17)20-9-10-21-27(24-14-32-15-25(41-3)38(24)31(39)40)34-30(42-16-18-5-4-12-37(18)2)35-28(21)29(20)43-19-7-8-19/h6,9-11,13,18-19,24-25,32H,4-5,7-8,12,14-16H2,1-3H3,(H,33,36)(H,39,40)/t18-,24?,25?/m0/s1. The molecule has 0 radical (unpaired) electrons. The number of likely N-dealkylation sites (tertiary alicyclic amines) is 1. The van der Waals surface area contributed by atoms with Crippen molar-refractivity contribution in [1.82, 2.24) is 35.3 Å². The highest BCUT2D eigenvalue weighted by Gasteiger charge is 2.38. The number of nitrogens with zero attached hydrogens (tertiary/aromatic N) is 5. The molecule has 43 heavy (non-hydrogen) atoms. The third-order valence-electron chi connectivity index (χ3n) is 8.93. The maximum atomic E-state index is 12.6. The lowest BCUT2D eigenvalue weighted by atomic mass is 9.94. The zero-order valence-corrected chi connectivity index (χ0v) is 24.7. The second-order valence-corrected chi connectivity index (χ2v) is 11.8. The quantitative estimate of drug-likeness (QED) is 0.276. The van der Waals surface area contributed by atoms with E-state index in [9.17, 15) is 9.90 Å². The number of aryl methyl sites for hydroxylation is 1. The van der Waals surface area contributed by atoms with E-state index in [0.717, 1.165) is 65.2 Å². The molecule has 2 aromatic heterocycles. The van der Waals surface area contributed by atoms with Crippen molar-refractivity contribution < 1.29 is 24.1 Å². The summed E-state index contributed by atoms with van der Waals surface area (Å²) in [4.78, 5) is 26.0. The Bertz CT molecular complexity index is 1670. The Balaban J connectivity index is 1.43. The highest BCUT2D eigenvalue weighted by Crippen LogP contribution is 2.45. The van der Waals surface area contributed by atoms with Gasteiger partial charge in [0.1, 0.15) is 18.4 Å². The molecule has 2 unspecified atom stereocenters. The lowest BCUT2D eigenvalue weighted by molar-refractivity contribution is -0.0578. The zero-order valence-electron chi connectivity index (χ0n) is 24.7. The Morgan fingerprint density at radius 1 is 1.12 bits per heavy atom. The van der Waals surface area contributed by atoms with Crippen molar-refractivity contribution in [2.75, 3.05) is 40.4 Å². The Labute approximate surface area is 249 Å². The molecule has 2 aliphatic heterocycles. The third-order valence-corrected chi connectivity index (χ3v) is 8.93. The monoisotopic (exact) mass is 587 g/mol. The van der Waals surface area contributed by atoms with Gasteiger partial charge in [-0.15, -0.1) is 0 Å². The molecule has 12 heteroatoms. The Kier molecular flexibility index (Phi) is 7.28. The maximum absolute atomic E-state index is 12.6. The molecule has 3 N–H and O–H groups in total. The molecule has 0 bridgehead atoms. The number of carbonyl (C=O) groups is 1. The number of H-pyrrole nitrogens is 1. The van der Waals surface area contributed by atoms with Crippen LogP contribution in [0.3, 0.4) is 0 Å². The number of ether oxygens (including phenoxy) is 3. The molecular formula is C31H37N7O5. The predicted octanol–water partition coefficient (Wildman–Crippen LogP) is 4.09. The van der Waals surface area contributed by atoms with Crippen molar-refractivity contribution in [2.24, 2.45) is 0 Å². The van der Waals surface area contributed by atoms with Gasteiger partial charge in [-0.3, -0.25) is 10.00 Å². The summed E-state index contributed by atoms with van der Waals surface area (Å²) in [5, 5.41) is 22.7. The van der Waals surface area contributed by atoms with E-state index < -0.39 is 18.4 Å². The number of methoxy groups -OCH3 is 1. The molecule has 3 atom stereocenters. The van der Waals surface area contributed by atoms with Gasteiger partial charge in [-0.25, -0.2) is 4.79 Å². The average Bonchev–Trinajstić information content (AvgIpc) is 3.53. The number of amides is 1. The van der Waals surface area contributed by atoms with Crippen LogP contribution in [0.4, 0.5) is 4.79 Å². The maximum Gasteiger partial charge on any atom is 0.410 e. The average molecular weight is 588 g/mol. The van der Waals surface area contributed by atoms with Crippen LogP contribution in [0.2, 0.25) is 0 Å². The van der Waals surface area contributed by atoms with Gasteiger partial charge in [0, 0.05) is 42.6 Å². The van der Waals surface area contributed by atoms with E-state index in [1.807, 2.05) is 24.4 Å². The van der Waals surface area contributed by atoms with Crippen molar-refractivity contribution in [3.8, 4) is 22.9 Å². The fourth-order valence-corrected chi connectivity index (χ4v) is 6.43. The number of carboxylic acid groups (broad SMARTS) is 1. The molecule has 1 aliphatic carbocycles. The van der Waals surface area contributed by atoms with E-state index in [1.165, 1.54) is 12.0 Å². The van der Waals surface area contributed by atoms with Crippen LogP contribution in [0.1, 0.15) is 43.0 Å². The Hall–Kier alpha value is -4.00. The SMILES string of the molecule is COC1CNCC(c2nc(OC[C@@H]3CCCN3C)nc3c(OC4CC4)c(-c4c(C)ccc5[nH]ncc45)ccc23)N1C(=O)O. The van der Waals surface area contributed by atoms with Crippen molar-refractivity contribution in [3.05, 3.63) is 41.7 Å². The van der Waals surface area contributed by atoms with E-state index in [1.54, 1.807) is 0 Å². The first-order valence-electron chi connectivity index (χ1n) is 14.9. The van der Waals surface area contributed by atoms with Crippen LogP contribution in [0.15, 0.2) is 30.5 Å². The van der Waals surface area contributed by atoms with Crippen molar-refractivity contribution >= 4 is 27.9 Å². The van der Waals surface area contributed by atoms with Crippen LogP contribution >= 0.6 is 0 Å². The summed E-state index contributed by atoms with van der Waals surface area (Å²) >= 11 is 0. The summed E-state index contributed by atoms with van der Waals surface area (Å²) in [6.45, 7) is 4.30. The van der Waals surface area contributed by atoms with Crippen molar-refractivity contribution in [3.63, 3.8) is 0 Å². The van der Waals surface area contributed by atoms with Gasteiger partial charge in [-0.2, -0.15) is 15.1 Å². The summed E-state index contributed by atoms with van der Waals surface area (Å²) in [6, 6.07) is 7.96. The molecule has 4 aromatic rings. The molecule has 226 valence electrons. The summed E-state index contributed by atoms with van der Waals surface area (Å²) in [5.74, 6) is 0.650. The molecule has 2 aromatic carbocycles. The van der Waals surface area contributed by atoms with Crippen LogP contribution in [0.5, 0.6) is 11.8 Å². The van der Waals surface area contributed by atoms with E-state index in [2.05, 4.69) is 40.5 Å². The topological polar surface area (TPSA) is 138 Å². The van der Waals surface area contributed by atoms with Crippen LogP contribution in [0, 0.1) is 6.92 Å². The predicted molar refractivity (Wildman–Crippen MR) is 160 cm³/mol. The summed E-state index contributed by atoms with van der Waals surface area (Å²) < 4.78 is 18.5. The molecule has 0 spiro atoms. The number of piperazine rings is 1. The number of fused-ring (bicyclic) bond motifs is 2. The molecule has 12 nitrogen and oxygen atoms in total. The fraction of sp³-hybridized carbons (Fsp3) is 0.484. The highest BCUT2D eigenvalue weighted by molar-refractivity contribution is 6.02. The number of hydrogen-bond donors (Lipinski definition) is 3. The fourth-order valence-electron chi connectivity index (χ4n) is 6.43. The molecule has 1 amide bonds. The molecule has 3 aliphatic rings. The highest BCUT2D eigenvalue weighted by atomic mass is 16.5.